The fourth-order valence-electron chi connectivity index (χ4n) is 1.95. The highest BCUT2D eigenvalue weighted by Gasteiger charge is 2.22. The standard InChI is InChI=1S/C11H11ClN6O3S/c1-2-18-6-13-15-9(18)5-14-22(19,20)8-4-3-7(12)10-11(8)17-21-16-10/h3-4,6,14H,2,5H2,1H3. The molecule has 22 heavy (non-hydrogen) atoms. The van der Waals surface area contributed by atoms with Crippen LogP contribution in [-0.4, -0.2) is 33.5 Å². The van der Waals surface area contributed by atoms with E-state index in [0.717, 1.165) is 0 Å². The Bertz CT molecular complexity index is 919. The number of rotatable bonds is 5. The molecule has 0 saturated carbocycles. The van der Waals surface area contributed by atoms with E-state index in [2.05, 4.69) is 29.9 Å². The van der Waals surface area contributed by atoms with Gasteiger partial charge >= 0.3 is 0 Å². The van der Waals surface area contributed by atoms with E-state index in [1.807, 2.05) is 6.92 Å². The summed E-state index contributed by atoms with van der Waals surface area (Å²) in [4.78, 5) is -0.0595. The number of hydrogen-bond donors (Lipinski definition) is 1. The number of nitrogens with one attached hydrogen (secondary N) is 1. The summed E-state index contributed by atoms with van der Waals surface area (Å²) in [5.41, 5.74) is 0.276. The minimum absolute atomic E-state index is 0.00553. The van der Waals surface area contributed by atoms with E-state index in [4.69, 9.17) is 11.6 Å². The fourth-order valence-corrected chi connectivity index (χ4v) is 3.25. The first-order valence-corrected chi connectivity index (χ1v) is 8.16. The van der Waals surface area contributed by atoms with Gasteiger partial charge in [-0.05, 0) is 29.4 Å². The van der Waals surface area contributed by atoms with Gasteiger partial charge in [-0.1, -0.05) is 11.6 Å². The maximum Gasteiger partial charge on any atom is 0.243 e. The molecule has 0 spiro atoms. The smallest absolute Gasteiger partial charge is 0.243 e. The molecule has 1 aromatic carbocycles. The highest BCUT2D eigenvalue weighted by atomic mass is 35.5. The number of benzene rings is 1. The lowest BCUT2D eigenvalue weighted by Crippen LogP contribution is -2.25. The van der Waals surface area contributed by atoms with Crippen LogP contribution in [0.4, 0.5) is 0 Å². The Morgan fingerprint density at radius 2 is 2.09 bits per heavy atom. The van der Waals surface area contributed by atoms with E-state index in [1.54, 1.807) is 4.57 Å². The van der Waals surface area contributed by atoms with Crippen molar-refractivity contribution in [1.82, 2.24) is 29.8 Å². The van der Waals surface area contributed by atoms with Gasteiger partial charge in [-0.3, -0.25) is 0 Å². The zero-order valence-corrected chi connectivity index (χ0v) is 13.0. The van der Waals surface area contributed by atoms with Crippen LogP contribution in [0.15, 0.2) is 28.0 Å². The Kier molecular flexibility index (Phi) is 3.81. The van der Waals surface area contributed by atoms with Crippen molar-refractivity contribution in [1.29, 1.82) is 0 Å². The molecule has 0 fully saturated rings. The monoisotopic (exact) mass is 342 g/mol. The van der Waals surface area contributed by atoms with Crippen LogP contribution in [0.5, 0.6) is 0 Å². The Balaban J connectivity index is 1.92. The molecule has 3 rings (SSSR count). The van der Waals surface area contributed by atoms with E-state index in [1.165, 1.54) is 18.5 Å². The number of fused-ring (bicyclic) bond motifs is 1. The van der Waals surface area contributed by atoms with Crippen LogP contribution < -0.4 is 4.72 Å². The third kappa shape index (κ3) is 2.56. The largest absolute Gasteiger partial charge is 0.317 e. The van der Waals surface area contributed by atoms with Crippen LogP contribution in [0, 0.1) is 0 Å². The van der Waals surface area contributed by atoms with Crippen LogP contribution in [0.2, 0.25) is 5.02 Å². The van der Waals surface area contributed by atoms with E-state index < -0.39 is 10.0 Å². The van der Waals surface area contributed by atoms with Gasteiger partial charge < -0.3 is 4.57 Å². The van der Waals surface area contributed by atoms with Gasteiger partial charge in [0.15, 0.2) is 11.0 Å². The molecule has 0 saturated heterocycles. The zero-order valence-electron chi connectivity index (χ0n) is 11.4. The predicted octanol–water partition coefficient (Wildman–Crippen LogP) is 0.966. The highest BCUT2D eigenvalue weighted by Crippen LogP contribution is 2.26. The third-order valence-corrected chi connectivity index (χ3v) is 4.81. The van der Waals surface area contributed by atoms with Gasteiger partial charge in [0, 0.05) is 6.54 Å². The van der Waals surface area contributed by atoms with E-state index in [-0.39, 0.29) is 27.5 Å². The lowest BCUT2D eigenvalue weighted by molar-refractivity contribution is 0.315. The van der Waals surface area contributed by atoms with Crippen molar-refractivity contribution < 1.29 is 13.0 Å². The second-order valence-electron chi connectivity index (χ2n) is 4.36. The van der Waals surface area contributed by atoms with Crippen molar-refractivity contribution in [3.05, 3.63) is 29.3 Å². The molecular weight excluding hydrogens is 332 g/mol. The first-order valence-electron chi connectivity index (χ1n) is 6.30. The number of halogens is 1. The highest BCUT2D eigenvalue weighted by molar-refractivity contribution is 7.89. The summed E-state index contributed by atoms with van der Waals surface area (Å²) in [6.45, 7) is 2.55. The summed E-state index contributed by atoms with van der Waals surface area (Å²) in [6, 6.07) is 2.78. The Hall–Kier alpha value is -2.04. The summed E-state index contributed by atoms with van der Waals surface area (Å²) in [5, 5.41) is 15.1. The zero-order chi connectivity index (χ0) is 15.7. The summed E-state index contributed by atoms with van der Waals surface area (Å²) >= 11 is 5.92. The fraction of sp³-hybridized carbons (Fsp3) is 0.273. The number of sulfonamides is 1. The maximum atomic E-state index is 12.4. The first kappa shape index (κ1) is 14.9. The van der Waals surface area contributed by atoms with Gasteiger partial charge in [0.2, 0.25) is 10.0 Å². The molecule has 3 aromatic rings. The van der Waals surface area contributed by atoms with E-state index in [0.29, 0.717) is 12.4 Å². The molecule has 0 aliphatic heterocycles. The van der Waals surface area contributed by atoms with Gasteiger partial charge in [-0.2, -0.15) is 0 Å². The quantitative estimate of drug-likeness (QED) is 0.734. The first-order chi connectivity index (χ1) is 10.5. The number of aryl methyl sites for hydroxylation is 1. The number of hydrogen-bond acceptors (Lipinski definition) is 7. The van der Waals surface area contributed by atoms with Crippen LogP contribution >= 0.6 is 11.6 Å². The van der Waals surface area contributed by atoms with Gasteiger partial charge in [-0.25, -0.2) is 17.8 Å². The SMILES string of the molecule is CCn1cnnc1CNS(=O)(=O)c1ccc(Cl)c2nonc12. The Morgan fingerprint density at radius 3 is 2.86 bits per heavy atom. The normalized spacial score (nSPS) is 12.1. The number of aromatic nitrogens is 5. The minimum Gasteiger partial charge on any atom is -0.317 e. The van der Waals surface area contributed by atoms with Crippen molar-refractivity contribution in [3.8, 4) is 0 Å². The van der Waals surface area contributed by atoms with Gasteiger partial charge in [0.05, 0.1) is 11.6 Å². The van der Waals surface area contributed by atoms with Crippen LogP contribution in [0.1, 0.15) is 12.7 Å². The van der Waals surface area contributed by atoms with Gasteiger partial charge in [0.25, 0.3) is 0 Å². The Labute approximate surface area is 130 Å². The molecule has 0 bridgehead atoms. The molecule has 0 amide bonds. The summed E-state index contributed by atoms with van der Waals surface area (Å²) in [7, 11) is -3.83. The molecule has 0 unspecified atom stereocenters. The predicted molar refractivity (Wildman–Crippen MR) is 76.5 cm³/mol. The lowest BCUT2D eigenvalue weighted by atomic mass is 10.3. The van der Waals surface area contributed by atoms with Crippen LogP contribution in [0.25, 0.3) is 11.0 Å². The topological polar surface area (TPSA) is 116 Å². The van der Waals surface area contributed by atoms with Crippen LogP contribution in [0.3, 0.4) is 0 Å². The molecule has 2 heterocycles. The molecule has 0 aliphatic carbocycles. The molecule has 116 valence electrons. The molecule has 9 nitrogen and oxygen atoms in total. The molecule has 0 aliphatic rings. The average molecular weight is 343 g/mol. The average Bonchev–Trinajstić information content (AvgIpc) is 3.14. The molecule has 2 aromatic heterocycles. The third-order valence-electron chi connectivity index (χ3n) is 3.08. The summed E-state index contributed by atoms with van der Waals surface area (Å²) < 4.78 is 33.6. The second-order valence-corrected chi connectivity index (χ2v) is 6.51. The number of nitrogens with zero attached hydrogens (tertiary/aromatic N) is 5. The molecule has 0 radical (unpaired) electrons. The van der Waals surface area contributed by atoms with Crippen molar-refractivity contribution in [3.63, 3.8) is 0 Å². The maximum absolute atomic E-state index is 12.4. The molecule has 1 N–H and O–H groups in total. The van der Waals surface area contributed by atoms with E-state index >= 15 is 0 Å². The van der Waals surface area contributed by atoms with Gasteiger partial charge in [0.1, 0.15) is 17.0 Å². The van der Waals surface area contributed by atoms with Crippen molar-refractivity contribution in [2.75, 3.05) is 0 Å². The Morgan fingerprint density at radius 1 is 1.32 bits per heavy atom. The van der Waals surface area contributed by atoms with Gasteiger partial charge in [-0.15, -0.1) is 10.2 Å². The summed E-state index contributed by atoms with van der Waals surface area (Å²) in [6.07, 6.45) is 1.53. The van der Waals surface area contributed by atoms with E-state index in [9.17, 15) is 8.42 Å². The van der Waals surface area contributed by atoms with Crippen LogP contribution in [-0.2, 0) is 23.1 Å². The summed E-state index contributed by atoms with van der Waals surface area (Å²) in [5.74, 6) is 0.509. The molecule has 0 atom stereocenters. The van der Waals surface area contributed by atoms with Crippen molar-refractivity contribution >= 4 is 32.7 Å². The molecular formula is C11H11ClN6O3S. The lowest BCUT2D eigenvalue weighted by Gasteiger charge is -2.07. The molecule has 11 heteroatoms. The van der Waals surface area contributed by atoms with Crippen molar-refractivity contribution in [2.45, 2.75) is 24.9 Å². The van der Waals surface area contributed by atoms with Crippen molar-refractivity contribution in [2.24, 2.45) is 0 Å². The second kappa shape index (κ2) is 5.63. The minimum atomic E-state index is -3.83.